The Hall–Kier alpha value is -2.94. The number of halogens is 3. The molecule has 1 unspecified atom stereocenters. The number of nitrogens with zero attached hydrogens (tertiary/aromatic N) is 1. The third-order valence-electron chi connectivity index (χ3n) is 3.68. The van der Waals surface area contributed by atoms with Gasteiger partial charge in [-0.3, -0.25) is 0 Å². The first-order valence-corrected chi connectivity index (χ1v) is 6.75. The molecule has 0 saturated carbocycles. The maximum atomic E-state index is 12.9. The van der Waals surface area contributed by atoms with E-state index in [4.69, 9.17) is 10.5 Å². The van der Waals surface area contributed by atoms with Gasteiger partial charge in [-0.25, -0.2) is 0 Å². The molecule has 1 aliphatic rings. The lowest BCUT2D eigenvalue weighted by molar-refractivity contribution is -0.137. The number of alkyl halides is 3. The normalized spacial score (nSPS) is 17.2. The number of hydrogen-bond acceptors (Lipinski definition) is 3. The predicted octanol–water partition coefficient (Wildman–Crippen LogP) is 3.92. The summed E-state index contributed by atoms with van der Waals surface area (Å²) < 4.78 is 43.9. The molecule has 0 fully saturated rings. The Balaban J connectivity index is 2.19. The van der Waals surface area contributed by atoms with Crippen molar-refractivity contribution in [1.29, 1.82) is 5.26 Å². The summed E-state index contributed by atoms with van der Waals surface area (Å²) in [7, 11) is 0. The van der Waals surface area contributed by atoms with E-state index in [1.165, 1.54) is 6.07 Å². The van der Waals surface area contributed by atoms with Crippen LogP contribution in [0, 0.1) is 11.3 Å². The Kier molecular flexibility index (Phi) is 3.49. The highest BCUT2D eigenvalue weighted by atomic mass is 19.4. The Bertz CT molecular complexity index is 820. The van der Waals surface area contributed by atoms with Gasteiger partial charge in [-0.05, 0) is 17.7 Å². The Morgan fingerprint density at radius 2 is 1.78 bits per heavy atom. The lowest BCUT2D eigenvalue weighted by Gasteiger charge is -2.27. The summed E-state index contributed by atoms with van der Waals surface area (Å²) in [6.45, 7) is 0. The smallest absolute Gasteiger partial charge is 0.416 e. The van der Waals surface area contributed by atoms with Crippen LogP contribution in [-0.2, 0) is 6.18 Å². The fourth-order valence-corrected chi connectivity index (χ4v) is 2.62. The lowest BCUT2D eigenvalue weighted by atomic mass is 9.83. The van der Waals surface area contributed by atoms with Gasteiger partial charge in [-0.1, -0.05) is 36.4 Å². The van der Waals surface area contributed by atoms with Gasteiger partial charge in [0, 0.05) is 5.56 Å². The van der Waals surface area contributed by atoms with Crippen LogP contribution in [0.25, 0.3) is 0 Å². The van der Waals surface area contributed by atoms with Crippen LogP contribution in [0.2, 0.25) is 0 Å². The first kappa shape index (κ1) is 15.0. The second-order valence-corrected chi connectivity index (χ2v) is 5.09. The van der Waals surface area contributed by atoms with Crippen LogP contribution < -0.4 is 10.5 Å². The molecule has 0 spiro atoms. The molecule has 0 saturated heterocycles. The van der Waals surface area contributed by atoms with Gasteiger partial charge in [-0.2, -0.15) is 18.4 Å². The van der Waals surface area contributed by atoms with E-state index in [0.717, 1.165) is 17.7 Å². The molecule has 0 amide bonds. The number of nitriles is 1. The summed E-state index contributed by atoms with van der Waals surface area (Å²) in [5, 5.41) is 9.35. The minimum atomic E-state index is -4.48. The molecule has 1 heterocycles. The Morgan fingerprint density at radius 1 is 1.09 bits per heavy atom. The standard InChI is InChI=1S/C17H11F3N2O/c18-17(19,20)11-6-7-12-14(8-11)23-16(22)13(9-21)15(12)10-4-2-1-3-5-10/h1-8,15H,22H2. The van der Waals surface area contributed by atoms with E-state index in [9.17, 15) is 18.4 Å². The summed E-state index contributed by atoms with van der Waals surface area (Å²) in [6.07, 6.45) is -4.48. The van der Waals surface area contributed by atoms with E-state index >= 15 is 0 Å². The molecular weight excluding hydrogens is 305 g/mol. The summed E-state index contributed by atoms with van der Waals surface area (Å²) in [4.78, 5) is 0. The van der Waals surface area contributed by atoms with Crippen LogP contribution in [0.3, 0.4) is 0 Å². The molecule has 0 aromatic heterocycles. The third kappa shape index (κ3) is 2.61. The molecule has 1 aliphatic heterocycles. The zero-order chi connectivity index (χ0) is 16.6. The van der Waals surface area contributed by atoms with Crippen molar-refractivity contribution in [2.45, 2.75) is 12.1 Å². The second-order valence-electron chi connectivity index (χ2n) is 5.09. The second kappa shape index (κ2) is 5.36. The van der Waals surface area contributed by atoms with Crippen LogP contribution in [0.15, 0.2) is 60.0 Å². The summed E-state index contributed by atoms with van der Waals surface area (Å²) >= 11 is 0. The van der Waals surface area contributed by atoms with Crippen molar-refractivity contribution in [3.8, 4) is 11.8 Å². The summed E-state index contributed by atoms with van der Waals surface area (Å²) in [6, 6.07) is 14.2. The molecule has 2 aromatic rings. The first-order chi connectivity index (χ1) is 10.9. The van der Waals surface area contributed by atoms with Crippen LogP contribution >= 0.6 is 0 Å². The number of benzene rings is 2. The highest BCUT2D eigenvalue weighted by molar-refractivity contribution is 5.56. The van der Waals surface area contributed by atoms with Gasteiger partial charge in [-0.15, -0.1) is 0 Å². The Morgan fingerprint density at radius 3 is 2.39 bits per heavy atom. The topological polar surface area (TPSA) is 59.0 Å². The number of allylic oxidation sites excluding steroid dienone is 1. The number of rotatable bonds is 1. The molecule has 23 heavy (non-hydrogen) atoms. The third-order valence-corrected chi connectivity index (χ3v) is 3.68. The van der Waals surface area contributed by atoms with Crippen LogP contribution in [0.5, 0.6) is 5.75 Å². The molecule has 116 valence electrons. The predicted molar refractivity (Wildman–Crippen MR) is 77.2 cm³/mol. The molecule has 1 atom stereocenters. The molecule has 2 aromatic carbocycles. The van der Waals surface area contributed by atoms with Crippen molar-refractivity contribution < 1.29 is 17.9 Å². The fourth-order valence-electron chi connectivity index (χ4n) is 2.62. The maximum absolute atomic E-state index is 12.9. The molecular formula is C17H11F3N2O. The molecule has 2 N–H and O–H groups in total. The zero-order valence-electron chi connectivity index (χ0n) is 11.8. The Labute approximate surface area is 130 Å². The van der Waals surface area contributed by atoms with Crippen molar-refractivity contribution >= 4 is 0 Å². The molecule has 3 rings (SSSR count). The number of hydrogen-bond donors (Lipinski definition) is 1. The first-order valence-electron chi connectivity index (χ1n) is 6.75. The average Bonchev–Trinajstić information content (AvgIpc) is 2.53. The quantitative estimate of drug-likeness (QED) is 0.867. The van der Waals surface area contributed by atoms with E-state index in [0.29, 0.717) is 5.56 Å². The largest absolute Gasteiger partial charge is 0.440 e. The summed E-state index contributed by atoms with van der Waals surface area (Å²) in [5.41, 5.74) is 6.35. The highest BCUT2D eigenvalue weighted by Gasteiger charge is 2.35. The van der Waals surface area contributed by atoms with Crippen LogP contribution in [0.1, 0.15) is 22.6 Å². The summed E-state index contributed by atoms with van der Waals surface area (Å²) in [5.74, 6) is -0.703. The van der Waals surface area contributed by atoms with Gasteiger partial charge in [0.1, 0.15) is 17.4 Å². The van der Waals surface area contributed by atoms with E-state index < -0.39 is 17.7 Å². The fraction of sp³-hybridized carbons (Fsp3) is 0.118. The molecule has 6 heteroatoms. The van der Waals surface area contributed by atoms with Crippen LogP contribution in [-0.4, -0.2) is 0 Å². The molecule has 0 radical (unpaired) electrons. The van der Waals surface area contributed by atoms with Gasteiger partial charge in [0.05, 0.1) is 11.5 Å². The zero-order valence-corrected chi connectivity index (χ0v) is 11.8. The lowest BCUT2D eigenvalue weighted by Crippen LogP contribution is -2.21. The van der Waals surface area contributed by atoms with E-state index in [2.05, 4.69) is 0 Å². The molecule has 3 nitrogen and oxygen atoms in total. The average molecular weight is 316 g/mol. The monoisotopic (exact) mass is 316 g/mol. The van der Waals surface area contributed by atoms with Gasteiger partial charge < -0.3 is 10.5 Å². The maximum Gasteiger partial charge on any atom is 0.416 e. The van der Waals surface area contributed by atoms with Crippen molar-refractivity contribution in [1.82, 2.24) is 0 Å². The van der Waals surface area contributed by atoms with Crippen molar-refractivity contribution in [2.24, 2.45) is 5.73 Å². The van der Waals surface area contributed by atoms with Crippen molar-refractivity contribution in [2.75, 3.05) is 0 Å². The van der Waals surface area contributed by atoms with Crippen molar-refractivity contribution in [3.05, 3.63) is 76.7 Å². The number of nitrogens with two attached hydrogens (primary N) is 1. The van der Waals surface area contributed by atoms with E-state index in [1.54, 1.807) is 24.3 Å². The van der Waals surface area contributed by atoms with E-state index in [1.807, 2.05) is 12.1 Å². The molecule has 0 aliphatic carbocycles. The van der Waals surface area contributed by atoms with Gasteiger partial charge in [0.25, 0.3) is 0 Å². The van der Waals surface area contributed by atoms with Gasteiger partial charge in [0.2, 0.25) is 5.88 Å². The number of ether oxygens (including phenoxy) is 1. The van der Waals surface area contributed by atoms with E-state index in [-0.39, 0.29) is 17.2 Å². The SMILES string of the molecule is N#CC1=C(N)Oc2cc(C(F)(F)F)ccc2C1c1ccccc1. The highest BCUT2D eigenvalue weighted by Crippen LogP contribution is 2.44. The van der Waals surface area contributed by atoms with Crippen molar-refractivity contribution in [3.63, 3.8) is 0 Å². The van der Waals surface area contributed by atoms with Gasteiger partial charge in [0.15, 0.2) is 0 Å². The molecule has 0 bridgehead atoms. The minimum absolute atomic E-state index is 0.0187. The minimum Gasteiger partial charge on any atom is -0.440 e. The number of fused-ring (bicyclic) bond motifs is 1. The van der Waals surface area contributed by atoms with Crippen LogP contribution in [0.4, 0.5) is 13.2 Å². The van der Waals surface area contributed by atoms with Gasteiger partial charge >= 0.3 is 6.18 Å².